The quantitative estimate of drug-likeness (QED) is 0.667. The van der Waals surface area contributed by atoms with Gasteiger partial charge in [-0.1, -0.05) is 30.3 Å². The van der Waals surface area contributed by atoms with Gasteiger partial charge in [0.05, 0.1) is 6.61 Å². The molecule has 0 aliphatic heterocycles. The highest BCUT2D eigenvalue weighted by atomic mass is 16.5. The first kappa shape index (κ1) is 10.4. The zero-order valence-electron chi connectivity index (χ0n) is 9.33. The fourth-order valence-electron chi connectivity index (χ4n) is 2.21. The molecule has 1 nitrogen and oxygen atoms in total. The van der Waals surface area contributed by atoms with Crippen LogP contribution in [0.3, 0.4) is 0 Å². The molecule has 0 saturated heterocycles. The van der Waals surface area contributed by atoms with E-state index in [1.165, 1.54) is 42.4 Å². The van der Waals surface area contributed by atoms with Gasteiger partial charge in [-0.2, -0.15) is 0 Å². The summed E-state index contributed by atoms with van der Waals surface area (Å²) in [4.78, 5) is 0. The van der Waals surface area contributed by atoms with Gasteiger partial charge in [0.25, 0.3) is 0 Å². The molecule has 0 atom stereocenters. The summed E-state index contributed by atoms with van der Waals surface area (Å²) in [5, 5.41) is 0. The Hall–Kier alpha value is -1.08. The SMILES string of the molecule is COC/C=C1/CCCCc2ccccc21. The fraction of sp³-hybridized carbons (Fsp3) is 0.429. The second kappa shape index (κ2) is 5.13. The lowest BCUT2D eigenvalue weighted by Gasteiger charge is -2.08. The van der Waals surface area contributed by atoms with Crippen molar-refractivity contribution in [3.63, 3.8) is 0 Å². The van der Waals surface area contributed by atoms with Gasteiger partial charge in [-0.15, -0.1) is 0 Å². The van der Waals surface area contributed by atoms with E-state index in [0.717, 1.165) is 6.61 Å². The Balaban J connectivity index is 2.32. The van der Waals surface area contributed by atoms with Crippen LogP contribution in [0.4, 0.5) is 0 Å². The Kier molecular flexibility index (Phi) is 3.57. The summed E-state index contributed by atoms with van der Waals surface area (Å²) < 4.78 is 5.12. The Morgan fingerprint density at radius 3 is 2.87 bits per heavy atom. The van der Waals surface area contributed by atoms with Crippen molar-refractivity contribution in [1.82, 2.24) is 0 Å². The Bertz CT molecular complexity index is 352. The third-order valence-corrected chi connectivity index (χ3v) is 3.00. The number of hydrogen-bond acceptors (Lipinski definition) is 1. The van der Waals surface area contributed by atoms with Gasteiger partial charge in [-0.3, -0.25) is 0 Å². The smallest absolute Gasteiger partial charge is 0.0649 e. The van der Waals surface area contributed by atoms with Crippen LogP contribution in [0.25, 0.3) is 5.57 Å². The van der Waals surface area contributed by atoms with Crippen LogP contribution in [0.15, 0.2) is 30.3 Å². The van der Waals surface area contributed by atoms with E-state index in [0.29, 0.717) is 0 Å². The minimum Gasteiger partial charge on any atom is -0.381 e. The molecule has 1 aromatic carbocycles. The van der Waals surface area contributed by atoms with Gasteiger partial charge in [0.1, 0.15) is 0 Å². The van der Waals surface area contributed by atoms with Crippen molar-refractivity contribution >= 4 is 5.57 Å². The minimum atomic E-state index is 0.726. The summed E-state index contributed by atoms with van der Waals surface area (Å²) in [5.41, 5.74) is 4.40. The van der Waals surface area contributed by atoms with Crippen LogP contribution in [-0.4, -0.2) is 13.7 Å². The molecule has 0 bridgehead atoms. The molecule has 0 spiro atoms. The zero-order chi connectivity index (χ0) is 10.5. The Morgan fingerprint density at radius 2 is 2.00 bits per heavy atom. The van der Waals surface area contributed by atoms with Gasteiger partial charge >= 0.3 is 0 Å². The highest BCUT2D eigenvalue weighted by Crippen LogP contribution is 2.29. The fourth-order valence-corrected chi connectivity index (χ4v) is 2.21. The van der Waals surface area contributed by atoms with Gasteiger partial charge in [0.15, 0.2) is 0 Å². The molecule has 0 heterocycles. The first-order chi connectivity index (χ1) is 7.42. The number of ether oxygens (including phenoxy) is 1. The molecule has 0 radical (unpaired) electrons. The minimum absolute atomic E-state index is 0.726. The van der Waals surface area contributed by atoms with Crippen LogP contribution in [0.1, 0.15) is 30.4 Å². The Morgan fingerprint density at radius 1 is 1.20 bits per heavy atom. The predicted octanol–water partition coefficient (Wildman–Crippen LogP) is 3.44. The van der Waals surface area contributed by atoms with Crippen LogP contribution >= 0.6 is 0 Å². The molecule has 0 N–H and O–H groups in total. The van der Waals surface area contributed by atoms with E-state index in [9.17, 15) is 0 Å². The van der Waals surface area contributed by atoms with E-state index in [4.69, 9.17) is 4.74 Å². The summed E-state index contributed by atoms with van der Waals surface area (Å²) >= 11 is 0. The maximum atomic E-state index is 5.12. The molecule has 15 heavy (non-hydrogen) atoms. The molecule has 1 heteroatoms. The lowest BCUT2D eigenvalue weighted by atomic mass is 9.98. The molecular formula is C14H18O. The summed E-state index contributed by atoms with van der Waals surface area (Å²) in [6.45, 7) is 0.726. The molecule has 0 fully saturated rings. The number of allylic oxidation sites excluding steroid dienone is 1. The standard InChI is InChI=1S/C14H18O/c1-15-11-10-13-8-3-2-6-12-7-4-5-9-14(12)13/h4-5,7,9-10H,2-3,6,8,11H2,1H3/b13-10-. The van der Waals surface area contributed by atoms with E-state index < -0.39 is 0 Å². The first-order valence-corrected chi connectivity index (χ1v) is 5.68. The predicted molar refractivity (Wildman–Crippen MR) is 63.9 cm³/mol. The molecule has 1 aliphatic carbocycles. The van der Waals surface area contributed by atoms with Crippen LogP contribution < -0.4 is 0 Å². The van der Waals surface area contributed by atoms with Crippen molar-refractivity contribution in [2.75, 3.05) is 13.7 Å². The summed E-state index contributed by atoms with van der Waals surface area (Å²) in [5.74, 6) is 0. The van der Waals surface area contributed by atoms with Gasteiger partial charge in [0.2, 0.25) is 0 Å². The lowest BCUT2D eigenvalue weighted by Crippen LogP contribution is -1.91. The van der Waals surface area contributed by atoms with Crippen molar-refractivity contribution in [2.24, 2.45) is 0 Å². The van der Waals surface area contributed by atoms with Crippen molar-refractivity contribution in [3.8, 4) is 0 Å². The molecular weight excluding hydrogens is 184 g/mol. The summed E-state index contributed by atoms with van der Waals surface area (Å²) in [7, 11) is 1.75. The summed E-state index contributed by atoms with van der Waals surface area (Å²) in [6, 6.07) is 8.76. The molecule has 80 valence electrons. The van der Waals surface area contributed by atoms with E-state index in [1.54, 1.807) is 7.11 Å². The number of aryl methyl sites for hydroxylation is 1. The highest BCUT2D eigenvalue weighted by Gasteiger charge is 2.10. The van der Waals surface area contributed by atoms with Gasteiger partial charge in [0, 0.05) is 7.11 Å². The molecule has 2 rings (SSSR count). The maximum Gasteiger partial charge on any atom is 0.0649 e. The van der Waals surface area contributed by atoms with Crippen molar-refractivity contribution in [3.05, 3.63) is 41.5 Å². The highest BCUT2D eigenvalue weighted by molar-refractivity contribution is 5.69. The first-order valence-electron chi connectivity index (χ1n) is 5.68. The molecule has 0 unspecified atom stereocenters. The second-order valence-corrected chi connectivity index (χ2v) is 4.05. The number of methoxy groups -OCH3 is 1. The lowest BCUT2D eigenvalue weighted by molar-refractivity contribution is 0.234. The van der Waals surface area contributed by atoms with Gasteiger partial charge in [-0.25, -0.2) is 0 Å². The number of benzene rings is 1. The van der Waals surface area contributed by atoms with E-state index in [-0.39, 0.29) is 0 Å². The number of fused-ring (bicyclic) bond motifs is 1. The van der Waals surface area contributed by atoms with Crippen LogP contribution in [-0.2, 0) is 11.2 Å². The van der Waals surface area contributed by atoms with Crippen molar-refractivity contribution in [1.29, 1.82) is 0 Å². The molecule has 0 aromatic heterocycles. The average Bonchev–Trinajstić information content (AvgIpc) is 2.49. The Labute approximate surface area is 91.8 Å². The van der Waals surface area contributed by atoms with Crippen molar-refractivity contribution in [2.45, 2.75) is 25.7 Å². The van der Waals surface area contributed by atoms with E-state index in [1.807, 2.05) is 0 Å². The number of rotatable bonds is 2. The normalized spacial score (nSPS) is 18.6. The summed E-state index contributed by atoms with van der Waals surface area (Å²) in [6.07, 6.45) is 7.25. The van der Waals surface area contributed by atoms with E-state index >= 15 is 0 Å². The largest absolute Gasteiger partial charge is 0.381 e. The van der Waals surface area contributed by atoms with Crippen LogP contribution in [0, 0.1) is 0 Å². The molecule has 1 aromatic rings. The van der Waals surface area contributed by atoms with Gasteiger partial charge in [-0.05, 0) is 42.4 Å². The monoisotopic (exact) mass is 202 g/mol. The average molecular weight is 202 g/mol. The molecule has 0 saturated carbocycles. The number of hydrogen-bond donors (Lipinski definition) is 0. The van der Waals surface area contributed by atoms with Crippen LogP contribution in [0.5, 0.6) is 0 Å². The molecule has 1 aliphatic rings. The third kappa shape index (κ3) is 2.48. The zero-order valence-corrected chi connectivity index (χ0v) is 9.33. The van der Waals surface area contributed by atoms with Crippen molar-refractivity contribution < 1.29 is 4.74 Å². The van der Waals surface area contributed by atoms with Crippen LogP contribution in [0.2, 0.25) is 0 Å². The molecule has 0 amide bonds. The maximum absolute atomic E-state index is 5.12. The van der Waals surface area contributed by atoms with Gasteiger partial charge < -0.3 is 4.74 Å². The topological polar surface area (TPSA) is 9.23 Å². The van der Waals surface area contributed by atoms with E-state index in [2.05, 4.69) is 30.3 Å². The third-order valence-electron chi connectivity index (χ3n) is 3.00. The second-order valence-electron chi connectivity index (χ2n) is 4.05.